The summed E-state index contributed by atoms with van der Waals surface area (Å²) in [5, 5.41) is 5.58. The molecule has 2 N–H and O–H groups in total. The zero-order valence-electron chi connectivity index (χ0n) is 14.3. The van der Waals surface area contributed by atoms with Crippen LogP contribution in [0.15, 0.2) is 54.6 Å². The molecule has 1 aromatic heterocycles. The lowest BCUT2D eigenvalue weighted by molar-refractivity contribution is -0.137. The fourth-order valence-corrected chi connectivity index (χ4v) is 2.70. The third-order valence-corrected chi connectivity index (χ3v) is 4.00. The van der Waals surface area contributed by atoms with Crippen LogP contribution in [-0.4, -0.2) is 16.5 Å². The average Bonchev–Trinajstić information content (AvgIpc) is 2.63. The summed E-state index contributed by atoms with van der Waals surface area (Å²) in [4.78, 5) is 8.75. The maximum Gasteiger partial charge on any atom is 0.417 e. The van der Waals surface area contributed by atoms with Gasteiger partial charge in [-0.3, -0.25) is 0 Å². The van der Waals surface area contributed by atoms with Gasteiger partial charge in [0.2, 0.25) is 5.95 Å². The molecule has 0 amide bonds. The number of anilines is 3. The molecule has 2 aromatic carbocycles. The smallest absolute Gasteiger partial charge is 0.354 e. The van der Waals surface area contributed by atoms with Gasteiger partial charge in [0.05, 0.1) is 16.3 Å². The number of hydrogen-bond donors (Lipinski definition) is 2. The van der Waals surface area contributed by atoms with Gasteiger partial charge in [-0.05, 0) is 25.1 Å². The van der Waals surface area contributed by atoms with Crippen LogP contribution in [0.5, 0.6) is 0 Å². The first-order chi connectivity index (χ1) is 12.9. The Balaban J connectivity index is 1.98. The molecule has 0 spiro atoms. The second-order valence-electron chi connectivity index (χ2n) is 5.68. The van der Waals surface area contributed by atoms with Crippen LogP contribution >= 0.6 is 11.6 Å². The molecule has 3 rings (SSSR count). The minimum Gasteiger partial charge on any atom is -0.354 e. The molecular weight excluding hydrogens is 377 g/mol. The van der Waals surface area contributed by atoms with E-state index in [1.165, 1.54) is 12.1 Å². The summed E-state index contributed by atoms with van der Waals surface area (Å²) >= 11 is 5.67. The highest BCUT2D eigenvalue weighted by molar-refractivity contribution is 6.31. The second-order valence-corrected chi connectivity index (χ2v) is 6.08. The molecule has 27 heavy (non-hydrogen) atoms. The van der Waals surface area contributed by atoms with Crippen molar-refractivity contribution >= 4 is 29.1 Å². The zero-order valence-corrected chi connectivity index (χ0v) is 15.1. The van der Waals surface area contributed by atoms with Gasteiger partial charge in [0.1, 0.15) is 5.82 Å². The van der Waals surface area contributed by atoms with Gasteiger partial charge in [0.25, 0.3) is 0 Å². The molecule has 0 saturated carbocycles. The van der Waals surface area contributed by atoms with Gasteiger partial charge in [-0.1, -0.05) is 41.9 Å². The summed E-state index contributed by atoms with van der Waals surface area (Å²) in [5.41, 5.74) is 0.841. The van der Waals surface area contributed by atoms with E-state index in [9.17, 15) is 13.2 Å². The molecule has 140 valence electrons. The molecule has 0 bridgehead atoms. The number of halogens is 4. The van der Waals surface area contributed by atoms with E-state index in [1.807, 2.05) is 37.3 Å². The predicted octanol–water partition coefficient (Wildman–Crippen LogP) is 5.99. The van der Waals surface area contributed by atoms with Crippen LogP contribution in [0.4, 0.5) is 30.6 Å². The van der Waals surface area contributed by atoms with Crippen molar-refractivity contribution in [3.8, 4) is 11.3 Å². The van der Waals surface area contributed by atoms with Gasteiger partial charge in [0, 0.05) is 23.9 Å². The molecule has 0 radical (unpaired) electrons. The van der Waals surface area contributed by atoms with Crippen molar-refractivity contribution in [2.24, 2.45) is 0 Å². The topological polar surface area (TPSA) is 49.8 Å². The summed E-state index contributed by atoms with van der Waals surface area (Å²) < 4.78 is 39.2. The van der Waals surface area contributed by atoms with E-state index in [1.54, 1.807) is 6.07 Å². The Morgan fingerprint density at radius 2 is 1.74 bits per heavy atom. The molecule has 0 saturated heterocycles. The van der Waals surface area contributed by atoms with E-state index in [-0.39, 0.29) is 10.7 Å². The van der Waals surface area contributed by atoms with Crippen molar-refractivity contribution in [2.45, 2.75) is 13.1 Å². The van der Waals surface area contributed by atoms with Crippen molar-refractivity contribution in [1.29, 1.82) is 0 Å². The first-order valence-electron chi connectivity index (χ1n) is 8.19. The number of benzene rings is 2. The SMILES string of the molecule is CCNc1nc(Nc2ccc(Cl)c(C(F)(F)F)c2)cc(-c2ccccc2)n1. The molecule has 0 unspecified atom stereocenters. The first-order valence-corrected chi connectivity index (χ1v) is 8.57. The maximum absolute atomic E-state index is 13.1. The molecule has 0 aliphatic carbocycles. The molecule has 3 aromatic rings. The summed E-state index contributed by atoms with van der Waals surface area (Å²) in [6.45, 7) is 2.51. The van der Waals surface area contributed by atoms with E-state index in [4.69, 9.17) is 11.6 Å². The molecule has 4 nitrogen and oxygen atoms in total. The van der Waals surface area contributed by atoms with Crippen LogP contribution in [0, 0.1) is 0 Å². The van der Waals surface area contributed by atoms with Crippen molar-refractivity contribution in [2.75, 3.05) is 17.2 Å². The van der Waals surface area contributed by atoms with Gasteiger partial charge in [0.15, 0.2) is 0 Å². The fraction of sp³-hybridized carbons (Fsp3) is 0.158. The fourth-order valence-electron chi connectivity index (χ4n) is 2.47. The van der Waals surface area contributed by atoms with E-state index in [0.29, 0.717) is 24.0 Å². The highest BCUT2D eigenvalue weighted by atomic mass is 35.5. The lowest BCUT2D eigenvalue weighted by atomic mass is 10.1. The quantitative estimate of drug-likeness (QED) is 0.559. The molecule has 0 atom stereocenters. The average molecular weight is 393 g/mol. The Labute approximate surface area is 159 Å². The van der Waals surface area contributed by atoms with Crippen LogP contribution in [0.2, 0.25) is 5.02 Å². The minimum atomic E-state index is -4.54. The van der Waals surface area contributed by atoms with Gasteiger partial charge in [-0.2, -0.15) is 18.2 Å². The Hall–Kier alpha value is -2.80. The minimum absolute atomic E-state index is 0.229. The largest absolute Gasteiger partial charge is 0.417 e. The van der Waals surface area contributed by atoms with Gasteiger partial charge in [-0.25, -0.2) is 4.98 Å². The van der Waals surface area contributed by atoms with Crippen LogP contribution in [0.25, 0.3) is 11.3 Å². The van der Waals surface area contributed by atoms with Crippen molar-refractivity contribution in [1.82, 2.24) is 9.97 Å². The third-order valence-electron chi connectivity index (χ3n) is 3.67. The Morgan fingerprint density at radius 3 is 2.41 bits per heavy atom. The molecule has 8 heteroatoms. The monoisotopic (exact) mass is 392 g/mol. The van der Waals surface area contributed by atoms with Crippen molar-refractivity contribution in [3.05, 3.63) is 65.2 Å². The number of hydrogen-bond acceptors (Lipinski definition) is 4. The van der Waals surface area contributed by atoms with E-state index >= 15 is 0 Å². The number of nitrogens with zero attached hydrogens (tertiary/aromatic N) is 2. The van der Waals surface area contributed by atoms with Gasteiger partial charge in [-0.15, -0.1) is 0 Å². The van der Waals surface area contributed by atoms with Crippen LogP contribution in [0.1, 0.15) is 12.5 Å². The molecule has 1 heterocycles. The number of aromatic nitrogens is 2. The third kappa shape index (κ3) is 4.68. The summed E-state index contributed by atoms with van der Waals surface area (Å²) in [6.07, 6.45) is -4.54. The standard InChI is InChI=1S/C19H16ClF3N4/c1-2-24-18-26-16(12-6-4-3-5-7-12)11-17(27-18)25-13-8-9-15(20)14(10-13)19(21,22)23/h3-11H,2H2,1H3,(H2,24,25,26,27). The normalized spacial score (nSPS) is 11.3. The number of alkyl halides is 3. The highest BCUT2D eigenvalue weighted by Gasteiger charge is 2.33. The van der Waals surface area contributed by atoms with E-state index in [0.717, 1.165) is 11.6 Å². The summed E-state index contributed by atoms with van der Waals surface area (Å²) in [7, 11) is 0. The van der Waals surface area contributed by atoms with E-state index in [2.05, 4.69) is 20.6 Å². The summed E-state index contributed by atoms with van der Waals surface area (Å²) in [6, 6.07) is 14.8. The Morgan fingerprint density at radius 1 is 1.00 bits per heavy atom. The van der Waals surface area contributed by atoms with Crippen LogP contribution < -0.4 is 10.6 Å². The van der Waals surface area contributed by atoms with E-state index < -0.39 is 11.7 Å². The van der Waals surface area contributed by atoms with Crippen molar-refractivity contribution < 1.29 is 13.2 Å². The second kappa shape index (κ2) is 7.84. The molecular formula is C19H16ClF3N4. The molecule has 0 fully saturated rings. The molecule has 0 aliphatic heterocycles. The van der Waals surface area contributed by atoms with Gasteiger partial charge < -0.3 is 10.6 Å². The highest BCUT2D eigenvalue weighted by Crippen LogP contribution is 2.36. The lowest BCUT2D eigenvalue weighted by Gasteiger charge is -2.13. The molecule has 0 aliphatic rings. The van der Waals surface area contributed by atoms with Crippen LogP contribution in [-0.2, 0) is 6.18 Å². The van der Waals surface area contributed by atoms with Crippen LogP contribution in [0.3, 0.4) is 0 Å². The number of nitrogens with one attached hydrogen (secondary N) is 2. The first kappa shape index (κ1) is 19.0. The lowest BCUT2D eigenvalue weighted by Crippen LogP contribution is -2.08. The Bertz CT molecular complexity index is 930. The summed E-state index contributed by atoms with van der Waals surface area (Å²) in [5.74, 6) is 0.751. The maximum atomic E-state index is 13.1. The van der Waals surface area contributed by atoms with Gasteiger partial charge >= 0.3 is 6.18 Å². The Kier molecular flexibility index (Phi) is 5.51. The predicted molar refractivity (Wildman–Crippen MR) is 101 cm³/mol. The van der Waals surface area contributed by atoms with Crippen molar-refractivity contribution in [3.63, 3.8) is 0 Å². The zero-order chi connectivity index (χ0) is 19.4. The number of rotatable bonds is 5.